The van der Waals surface area contributed by atoms with Gasteiger partial charge in [-0.15, -0.1) is 0 Å². The summed E-state index contributed by atoms with van der Waals surface area (Å²) in [6.45, 7) is 2.03. The van der Waals surface area contributed by atoms with Crippen LogP contribution in [0.5, 0.6) is 0 Å². The van der Waals surface area contributed by atoms with Gasteiger partial charge in [0.15, 0.2) is 0 Å². The van der Waals surface area contributed by atoms with E-state index in [9.17, 15) is 9.59 Å². The van der Waals surface area contributed by atoms with Crippen LogP contribution in [0.25, 0.3) is 5.57 Å². The zero-order valence-corrected chi connectivity index (χ0v) is 12.1. The highest BCUT2D eigenvalue weighted by Gasteiger charge is 2.38. The van der Waals surface area contributed by atoms with E-state index in [0.717, 1.165) is 10.5 Å². The molecule has 2 heterocycles. The van der Waals surface area contributed by atoms with Crippen LogP contribution in [-0.4, -0.2) is 16.7 Å². The molecule has 4 nitrogen and oxygen atoms in total. The minimum Gasteiger partial charge on any atom is -0.467 e. The van der Waals surface area contributed by atoms with Gasteiger partial charge < -0.3 is 4.42 Å². The molecule has 1 aromatic heterocycles. The van der Waals surface area contributed by atoms with E-state index in [1.165, 1.54) is 6.26 Å². The summed E-state index contributed by atoms with van der Waals surface area (Å²) in [6, 6.07) is 10.7. The number of carbonyl (C=O) groups is 2. The molecule has 2 amide bonds. The van der Waals surface area contributed by atoms with Crippen LogP contribution in [0.4, 0.5) is 0 Å². The quantitative estimate of drug-likeness (QED) is 0.819. The number of hydrogen-bond acceptors (Lipinski definition) is 3. The van der Waals surface area contributed by atoms with E-state index in [1.807, 2.05) is 19.1 Å². The van der Waals surface area contributed by atoms with Crippen molar-refractivity contribution < 1.29 is 14.0 Å². The first-order valence-electron chi connectivity index (χ1n) is 6.43. The van der Waals surface area contributed by atoms with Crippen molar-refractivity contribution in [2.24, 2.45) is 0 Å². The van der Waals surface area contributed by atoms with Crippen LogP contribution in [0.15, 0.2) is 52.1 Å². The molecule has 1 aliphatic rings. The molecule has 0 saturated carbocycles. The van der Waals surface area contributed by atoms with Crippen molar-refractivity contribution in [2.45, 2.75) is 13.5 Å². The first-order chi connectivity index (χ1) is 10.1. The fraction of sp³-hybridized carbons (Fsp3) is 0.125. The van der Waals surface area contributed by atoms with E-state index in [1.54, 1.807) is 24.3 Å². The average molecular weight is 302 g/mol. The Kier molecular flexibility index (Phi) is 3.39. The number of nitrogens with zero attached hydrogens (tertiary/aromatic N) is 1. The molecule has 1 aliphatic heterocycles. The third kappa shape index (κ3) is 2.38. The Hall–Kier alpha value is -2.33. The van der Waals surface area contributed by atoms with Gasteiger partial charge in [0.25, 0.3) is 11.8 Å². The van der Waals surface area contributed by atoms with Crippen LogP contribution < -0.4 is 0 Å². The van der Waals surface area contributed by atoms with Crippen LogP contribution in [-0.2, 0) is 16.1 Å². The highest BCUT2D eigenvalue weighted by atomic mass is 35.5. The number of benzene rings is 1. The lowest BCUT2D eigenvalue weighted by Crippen LogP contribution is -2.30. The molecular formula is C16H12ClNO3. The molecule has 0 N–H and O–H groups in total. The van der Waals surface area contributed by atoms with E-state index < -0.39 is 11.8 Å². The summed E-state index contributed by atoms with van der Waals surface area (Å²) >= 11 is 6.07. The predicted octanol–water partition coefficient (Wildman–Crippen LogP) is 3.11. The monoisotopic (exact) mass is 301 g/mol. The molecule has 3 rings (SSSR count). The molecule has 0 bridgehead atoms. The molecule has 1 aromatic carbocycles. The lowest BCUT2D eigenvalue weighted by Gasteiger charge is -2.12. The highest BCUT2D eigenvalue weighted by Crippen LogP contribution is 2.32. The second kappa shape index (κ2) is 5.22. The Balaban J connectivity index is 1.93. The van der Waals surface area contributed by atoms with Crippen molar-refractivity contribution in [1.82, 2.24) is 4.90 Å². The molecule has 5 heteroatoms. The van der Waals surface area contributed by atoms with Gasteiger partial charge in [-0.25, -0.2) is 0 Å². The molecule has 0 fully saturated rings. The third-order valence-electron chi connectivity index (χ3n) is 3.35. The first kappa shape index (κ1) is 13.6. The molecule has 2 aromatic rings. The maximum atomic E-state index is 12.5. The van der Waals surface area contributed by atoms with Crippen molar-refractivity contribution in [1.29, 1.82) is 0 Å². The van der Waals surface area contributed by atoms with Gasteiger partial charge in [0, 0.05) is 0 Å². The zero-order valence-electron chi connectivity index (χ0n) is 11.3. The molecule has 0 atom stereocenters. The number of amides is 2. The Morgan fingerprint density at radius 1 is 1.10 bits per heavy atom. The second-order valence-electron chi connectivity index (χ2n) is 4.83. The fourth-order valence-corrected chi connectivity index (χ4v) is 2.51. The molecule has 0 unspecified atom stereocenters. The van der Waals surface area contributed by atoms with Gasteiger partial charge in [-0.1, -0.05) is 41.4 Å². The summed E-state index contributed by atoms with van der Waals surface area (Å²) in [5, 5.41) is -0.0459. The van der Waals surface area contributed by atoms with E-state index in [0.29, 0.717) is 11.3 Å². The van der Waals surface area contributed by atoms with Crippen LogP contribution in [0.2, 0.25) is 0 Å². The first-order valence-corrected chi connectivity index (χ1v) is 6.81. The maximum absolute atomic E-state index is 12.5. The van der Waals surface area contributed by atoms with E-state index in [2.05, 4.69) is 0 Å². The van der Waals surface area contributed by atoms with Crippen LogP contribution in [0.1, 0.15) is 16.9 Å². The largest absolute Gasteiger partial charge is 0.467 e. The lowest BCUT2D eigenvalue weighted by molar-refractivity contribution is -0.137. The molecular weight excluding hydrogens is 290 g/mol. The van der Waals surface area contributed by atoms with Gasteiger partial charge in [-0.05, 0) is 24.6 Å². The summed E-state index contributed by atoms with van der Waals surface area (Å²) in [5.41, 5.74) is 1.96. The van der Waals surface area contributed by atoms with E-state index >= 15 is 0 Å². The van der Waals surface area contributed by atoms with Crippen molar-refractivity contribution >= 4 is 29.0 Å². The minimum atomic E-state index is -0.492. The third-order valence-corrected chi connectivity index (χ3v) is 3.70. The summed E-state index contributed by atoms with van der Waals surface area (Å²) in [7, 11) is 0. The number of carbonyl (C=O) groups excluding carboxylic acids is 2. The highest BCUT2D eigenvalue weighted by molar-refractivity contribution is 6.55. The molecule has 21 heavy (non-hydrogen) atoms. The normalized spacial score (nSPS) is 15.2. The van der Waals surface area contributed by atoms with Gasteiger partial charge in [-0.2, -0.15) is 0 Å². The number of halogens is 1. The van der Waals surface area contributed by atoms with E-state index in [4.69, 9.17) is 16.0 Å². The Bertz CT molecular complexity index is 729. The molecule has 106 valence electrons. The van der Waals surface area contributed by atoms with Crippen molar-refractivity contribution in [2.75, 3.05) is 0 Å². The number of rotatable bonds is 3. The molecule has 0 spiro atoms. The fourth-order valence-electron chi connectivity index (χ4n) is 2.22. The van der Waals surface area contributed by atoms with E-state index in [-0.39, 0.29) is 17.2 Å². The second-order valence-corrected chi connectivity index (χ2v) is 5.21. The Morgan fingerprint density at radius 3 is 2.43 bits per heavy atom. The molecule has 0 aliphatic carbocycles. The summed E-state index contributed by atoms with van der Waals surface area (Å²) in [6.07, 6.45) is 1.50. The van der Waals surface area contributed by atoms with Crippen molar-refractivity contribution in [3.05, 3.63) is 64.6 Å². The number of furan rings is 1. The maximum Gasteiger partial charge on any atom is 0.273 e. The standard InChI is InChI=1S/C16H12ClNO3/c1-10-4-6-11(7-5-10)13-14(17)16(20)18(15(13)19)9-12-3-2-8-21-12/h2-8H,9H2,1H3. The van der Waals surface area contributed by atoms with Crippen LogP contribution in [0, 0.1) is 6.92 Å². The Morgan fingerprint density at radius 2 is 1.81 bits per heavy atom. The summed E-state index contributed by atoms with van der Waals surface area (Å²) in [4.78, 5) is 25.7. The molecule has 0 saturated heterocycles. The van der Waals surface area contributed by atoms with Gasteiger partial charge in [0.2, 0.25) is 0 Å². The van der Waals surface area contributed by atoms with Crippen LogP contribution in [0.3, 0.4) is 0 Å². The average Bonchev–Trinajstić information content (AvgIpc) is 3.05. The Labute approximate surface area is 126 Å². The van der Waals surface area contributed by atoms with Gasteiger partial charge in [-0.3, -0.25) is 14.5 Å². The molecule has 0 radical (unpaired) electrons. The summed E-state index contributed by atoms with van der Waals surface area (Å²) < 4.78 is 5.18. The number of imide groups is 1. The van der Waals surface area contributed by atoms with Gasteiger partial charge >= 0.3 is 0 Å². The lowest BCUT2D eigenvalue weighted by atomic mass is 10.0. The smallest absolute Gasteiger partial charge is 0.273 e. The van der Waals surface area contributed by atoms with Gasteiger partial charge in [0.05, 0.1) is 18.4 Å². The van der Waals surface area contributed by atoms with Crippen molar-refractivity contribution in [3.63, 3.8) is 0 Å². The number of aryl methyl sites for hydroxylation is 1. The van der Waals surface area contributed by atoms with Crippen LogP contribution >= 0.6 is 11.6 Å². The SMILES string of the molecule is Cc1ccc(C2=C(Cl)C(=O)N(Cc3ccco3)C2=O)cc1. The zero-order chi connectivity index (χ0) is 15.0. The minimum absolute atomic E-state index is 0.0459. The topological polar surface area (TPSA) is 50.5 Å². The van der Waals surface area contributed by atoms with Gasteiger partial charge in [0.1, 0.15) is 10.8 Å². The summed E-state index contributed by atoms with van der Waals surface area (Å²) in [5.74, 6) is -0.356. The van der Waals surface area contributed by atoms with Crippen molar-refractivity contribution in [3.8, 4) is 0 Å². The predicted molar refractivity (Wildman–Crippen MR) is 78.2 cm³/mol. The number of hydrogen-bond donors (Lipinski definition) is 0.